The molecule has 2 amide bonds. The van der Waals surface area contributed by atoms with Crippen molar-refractivity contribution in [1.29, 1.82) is 0 Å². The number of aldehydes is 1. The molecule has 2 atom stereocenters. The Labute approximate surface area is 151 Å². The average Bonchev–Trinajstić information content (AvgIpc) is 2.77. The number of rotatable bonds is 4. The Hall–Kier alpha value is -2.09. The summed E-state index contributed by atoms with van der Waals surface area (Å²) in [7, 11) is 0. The Bertz CT molecular complexity index is 708. The summed E-state index contributed by atoms with van der Waals surface area (Å²) in [5, 5.41) is 12.1. The molecular weight excluding hydrogens is 348 g/mol. The number of hydrogen-bond acceptors (Lipinski definition) is 4. The molecule has 0 spiro atoms. The van der Waals surface area contributed by atoms with Gasteiger partial charge in [-0.1, -0.05) is 32.4 Å². The second-order valence-electron chi connectivity index (χ2n) is 7.52. The van der Waals surface area contributed by atoms with Gasteiger partial charge < -0.3 is 19.9 Å². The van der Waals surface area contributed by atoms with Gasteiger partial charge in [0.2, 0.25) is 0 Å². The summed E-state index contributed by atoms with van der Waals surface area (Å²) >= 11 is 6.06. The first-order chi connectivity index (χ1) is 11.5. The zero-order valence-corrected chi connectivity index (χ0v) is 15.7. The lowest BCUT2D eigenvalue weighted by molar-refractivity contribution is -0.0108. The van der Waals surface area contributed by atoms with Gasteiger partial charge in [0.15, 0.2) is 17.3 Å². The minimum Gasteiger partial charge on any atom is -0.465 e. The van der Waals surface area contributed by atoms with Crippen molar-refractivity contribution in [3.05, 3.63) is 16.7 Å². The first-order valence-corrected chi connectivity index (χ1v) is 8.40. The maximum Gasteiger partial charge on any atom is 0.407 e. The normalized spacial score (nSPS) is 20.4. The molecule has 0 aliphatic carbocycles. The van der Waals surface area contributed by atoms with E-state index in [4.69, 9.17) is 11.6 Å². The summed E-state index contributed by atoms with van der Waals surface area (Å²) in [5.74, 6) is -0.387. The minimum absolute atomic E-state index is 0.0463. The SMILES string of the molecule is CC(C)n1c(C=O)nc(Cl)c1C(=O)NC1CN(C(=O)O)C1C(C)(C)C. The number of carbonyl (C=O) groups is 3. The number of aromatic nitrogens is 2. The fraction of sp³-hybridized carbons (Fsp3) is 0.625. The number of nitrogens with one attached hydrogen (secondary N) is 1. The van der Waals surface area contributed by atoms with Gasteiger partial charge in [-0.05, 0) is 19.3 Å². The molecule has 0 aromatic carbocycles. The van der Waals surface area contributed by atoms with Crippen LogP contribution in [0.15, 0.2) is 0 Å². The molecule has 1 aromatic rings. The number of hydrogen-bond donors (Lipinski definition) is 2. The van der Waals surface area contributed by atoms with E-state index in [1.54, 1.807) is 0 Å². The highest BCUT2D eigenvalue weighted by Gasteiger charge is 2.49. The van der Waals surface area contributed by atoms with Crippen LogP contribution in [0, 0.1) is 5.41 Å². The first kappa shape index (κ1) is 19.2. The Morgan fingerprint density at radius 3 is 2.44 bits per heavy atom. The van der Waals surface area contributed by atoms with Crippen LogP contribution >= 0.6 is 11.6 Å². The van der Waals surface area contributed by atoms with Crippen LogP contribution in [0.3, 0.4) is 0 Å². The molecule has 1 fully saturated rings. The van der Waals surface area contributed by atoms with Crippen molar-refractivity contribution in [3.8, 4) is 0 Å². The third kappa shape index (κ3) is 3.49. The third-order valence-electron chi connectivity index (χ3n) is 4.29. The molecule has 25 heavy (non-hydrogen) atoms. The van der Waals surface area contributed by atoms with Crippen LogP contribution in [0.4, 0.5) is 4.79 Å². The molecule has 1 aliphatic heterocycles. The summed E-state index contributed by atoms with van der Waals surface area (Å²) in [6, 6.07) is -0.875. The largest absolute Gasteiger partial charge is 0.465 e. The van der Waals surface area contributed by atoms with Gasteiger partial charge >= 0.3 is 6.09 Å². The lowest BCUT2D eigenvalue weighted by Gasteiger charge is -2.52. The van der Waals surface area contributed by atoms with Gasteiger partial charge in [0.1, 0.15) is 5.69 Å². The molecule has 2 unspecified atom stereocenters. The average molecular weight is 371 g/mol. The number of amides is 2. The highest BCUT2D eigenvalue weighted by molar-refractivity contribution is 6.32. The van der Waals surface area contributed by atoms with E-state index in [2.05, 4.69) is 10.3 Å². The molecule has 0 bridgehead atoms. The highest BCUT2D eigenvalue weighted by atomic mass is 35.5. The summed E-state index contributed by atoms with van der Waals surface area (Å²) in [6.45, 7) is 9.59. The van der Waals surface area contributed by atoms with Crippen molar-refractivity contribution in [3.63, 3.8) is 0 Å². The van der Waals surface area contributed by atoms with Crippen molar-refractivity contribution >= 4 is 29.9 Å². The van der Waals surface area contributed by atoms with E-state index in [0.717, 1.165) is 0 Å². The third-order valence-corrected chi connectivity index (χ3v) is 4.56. The van der Waals surface area contributed by atoms with Gasteiger partial charge in [0.05, 0.1) is 12.1 Å². The molecular formula is C16H23ClN4O4. The minimum atomic E-state index is -1.01. The number of carbonyl (C=O) groups excluding carboxylic acids is 2. The van der Waals surface area contributed by atoms with E-state index in [0.29, 0.717) is 6.29 Å². The van der Waals surface area contributed by atoms with Crippen molar-refractivity contribution in [2.75, 3.05) is 6.54 Å². The Balaban J connectivity index is 2.28. The highest BCUT2D eigenvalue weighted by Crippen LogP contribution is 2.34. The molecule has 0 saturated carbocycles. The number of nitrogens with zero attached hydrogens (tertiary/aromatic N) is 3. The van der Waals surface area contributed by atoms with Crippen LogP contribution in [0.5, 0.6) is 0 Å². The molecule has 2 rings (SSSR count). The van der Waals surface area contributed by atoms with Crippen molar-refractivity contribution in [2.45, 2.75) is 52.7 Å². The lowest BCUT2D eigenvalue weighted by atomic mass is 9.76. The number of halogens is 1. The van der Waals surface area contributed by atoms with E-state index in [-0.39, 0.29) is 46.8 Å². The first-order valence-electron chi connectivity index (χ1n) is 8.02. The molecule has 9 heteroatoms. The van der Waals surface area contributed by atoms with Gasteiger partial charge in [-0.3, -0.25) is 9.59 Å². The zero-order chi connectivity index (χ0) is 19.1. The molecule has 1 aliphatic rings. The molecule has 0 radical (unpaired) electrons. The smallest absolute Gasteiger partial charge is 0.407 e. The van der Waals surface area contributed by atoms with Crippen LogP contribution < -0.4 is 5.32 Å². The molecule has 1 aromatic heterocycles. The maximum absolute atomic E-state index is 12.7. The van der Waals surface area contributed by atoms with Crippen molar-refractivity contribution in [2.24, 2.45) is 5.41 Å². The van der Waals surface area contributed by atoms with Gasteiger partial charge in [-0.25, -0.2) is 9.78 Å². The predicted molar refractivity (Wildman–Crippen MR) is 92.2 cm³/mol. The van der Waals surface area contributed by atoms with Gasteiger partial charge in [-0.15, -0.1) is 0 Å². The van der Waals surface area contributed by atoms with Crippen LogP contribution in [0.2, 0.25) is 5.15 Å². The predicted octanol–water partition coefficient (Wildman–Crippen LogP) is 2.44. The van der Waals surface area contributed by atoms with Crippen LogP contribution in [-0.2, 0) is 0 Å². The topological polar surface area (TPSA) is 105 Å². The fourth-order valence-electron chi connectivity index (χ4n) is 3.36. The quantitative estimate of drug-likeness (QED) is 0.792. The monoisotopic (exact) mass is 370 g/mol. The standard InChI is InChI=1S/C16H23ClN4O4/c1-8(2)21-10(7-22)19-13(17)11(21)14(23)18-9-6-20(15(24)25)12(9)16(3,4)5/h7-9,12H,6H2,1-5H3,(H,18,23)(H,24,25). The fourth-order valence-corrected chi connectivity index (χ4v) is 3.63. The van der Waals surface area contributed by atoms with E-state index in [1.807, 2.05) is 34.6 Å². The second-order valence-corrected chi connectivity index (χ2v) is 7.87. The maximum atomic E-state index is 12.7. The summed E-state index contributed by atoms with van der Waals surface area (Å²) < 4.78 is 1.48. The van der Waals surface area contributed by atoms with Gasteiger partial charge in [-0.2, -0.15) is 0 Å². The van der Waals surface area contributed by atoms with Crippen LogP contribution in [0.25, 0.3) is 0 Å². The number of imidazole rings is 1. The van der Waals surface area contributed by atoms with E-state index in [9.17, 15) is 19.5 Å². The Morgan fingerprint density at radius 2 is 2.00 bits per heavy atom. The van der Waals surface area contributed by atoms with Gasteiger partial charge in [0.25, 0.3) is 5.91 Å². The van der Waals surface area contributed by atoms with Crippen LogP contribution in [-0.4, -0.2) is 56.5 Å². The Morgan fingerprint density at radius 1 is 1.40 bits per heavy atom. The summed E-state index contributed by atoms with van der Waals surface area (Å²) in [5.41, 5.74) is -0.231. The van der Waals surface area contributed by atoms with E-state index >= 15 is 0 Å². The molecule has 2 heterocycles. The Kier molecular flexibility index (Phi) is 5.13. The zero-order valence-electron chi connectivity index (χ0n) is 14.9. The van der Waals surface area contributed by atoms with Gasteiger partial charge in [0, 0.05) is 12.6 Å². The molecule has 1 saturated heterocycles. The molecule has 138 valence electrons. The molecule has 8 nitrogen and oxygen atoms in total. The number of likely N-dealkylation sites (tertiary alicyclic amines) is 1. The summed E-state index contributed by atoms with van der Waals surface area (Å²) in [4.78, 5) is 40.5. The molecule has 2 N–H and O–H groups in total. The van der Waals surface area contributed by atoms with Crippen molar-refractivity contribution < 1.29 is 19.5 Å². The van der Waals surface area contributed by atoms with Crippen LogP contribution in [0.1, 0.15) is 61.8 Å². The van der Waals surface area contributed by atoms with E-state index < -0.39 is 12.0 Å². The second kappa shape index (κ2) is 6.67. The summed E-state index contributed by atoms with van der Waals surface area (Å²) in [6.07, 6.45) is -0.463. The lowest BCUT2D eigenvalue weighted by Crippen LogP contribution is -2.71. The number of carboxylic acid groups (broad SMARTS) is 1. The van der Waals surface area contributed by atoms with Crippen molar-refractivity contribution in [1.82, 2.24) is 19.8 Å². The van der Waals surface area contributed by atoms with E-state index in [1.165, 1.54) is 9.47 Å².